The van der Waals surface area contributed by atoms with E-state index >= 15 is 0 Å². The molecular formula is C29H39N5O8S. The van der Waals surface area contributed by atoms with Crippen molar-refractivity contribution in [2.45, 2.75) is 55.7 Å². The smallest absolute Gasteiger partial charge is 0.407 e. The van der Waals surface area contributed by atoms with Crippen molar-refractivity contribution in [3.63, 3.8) is 0 Å². The van der Waals surface area contributed by atoms with E-state index in [1.54, 1.807) is 13.1 Å². The molecule has 1 aromatic heterocycles. The van der Waals surface area contributed by atoms with E-state index in [2.05, 4.69) is 20.9 Å². The van der Waals surface area contributed by atoms with Crippen LogP contribution in [0.1, 0.15) is 19.4 Å². The molecule has 2 aromatic carbocycles. The van der Waals surface area contributed by atoms with Crippen LogP contribution in [0.2, 0.25) is 0 Å². The number of rotatable bonds is 12. The van der Waals surface area contributed by atoms with Crippen LogP contribution in [0.15, 0.2) is 57.8 Å². The van der Waals surface area contributed by atoms with Crippen molar-refractivity contribution in [3.05, 3.63) is 54.1 Å². The minimum atomic E-state index is -4.06. The van der Waals surface area contributed by atoms with Gasteiger partial charge >= 0.3 is 6.09 Å². The zero-order valence-electron chi connectivity index (χ0n) is 24.4. The van der Waals surface area contributed by atoms with E-state index in [-0.39, 0.29) is 49.0 Å². The first-order chi connectivity index (χ1) is 20.6. The number of fused-ring (bicyclic) bond motifs is 2. The predicted octanol–water partition coefficient (Wildman–Crippen LogP) is 1.93. The number of hydrogen-bond acceptors (Lipinski definition) is 11. The highest BCUT2D eigenvalue weighted by atomic mass is 32.2. The molecule has 234 valence electrons. The molecule has 0 spiro atoms. The van der Waals surface area contributed by atoms with Gasteiger partial charge in [0.15, 0.2) is 11.9 Å². The summed E-state index contributed by atoms with van der Waals surface area (Å²) in [5.74, 6) is -0.0436. The Kier molecular flexibility index (Phi) is 9.84. The molecule has 0 bridgehead atoms. The minimum absolute atomic E-state index is 0.0108. The molecule has 14 heteroatoms. The number of morpholine rings is 1. The van der Waals surface area contributed by atoms with Crippen LogP contribution in [-0.4, -0.2) is 99.4 Å². The molecule has 13 nitrogen and oxygen atoms in total. The van der Waals surface area contributed by atoms with E-state index in [0.29, 0.717) is 24.3 Å². The van der Waals surface area contributed by atoms with Crippen LogP contribution in [0.3, 0.4) is 0 Å². The maximum absolute atomic E-state index is 13.9. The second-order valence-electron chi connectivity index (χ2n) is 11.1. The highest BCUT2D eigenvalue weighted by molar-refractivity contribution is 7.89. The number of carbonyl (C=O) groups is 1. The lowest BCUT2D eigenvalue weighted by atomic mass is 10.0. The molecule has 3 heterocycles. The molecule has 43 heavy (non-hydrogen) atoms. The molecule has 4 N–H and O–H groups in total. The van der Waals surface area contributed by atoms with E-state index in [1.165, 1.54) is 16.4 Å². The van der Waals surface area contributed by atoms with Crippen LogP contribution in [0.25, 0.3) is 11.1 Å². The fourth-order valence-electron chi connectivity index (χ4n) is 5.27. The topological polar surface area (TPSA) is 164 Å². The van der Waals surface area contributed by atoms with Crippen molar-refractivity contribution >= 4 is 33.2 Å². The van der Waals surface area contributed by atoms with Gasteiger partial charge in [0.05, 0.1) is 36.3 Å². The van der Waals surface area contributed by atoms with Crippen LogP contribution < -0.4 is 16.0 Å². The number of ether oxygens (including phenoxy) is 3. The quantitative estimate of drug-likeness (QED) is 0.235. The minimum Gasteiger partial charge on any atom is -0.442 e. The zero-order chi connectivity index (χ0) is 30.6. The Morgan fingerprint density at radius 1 is 1.19 bits per heavy atom. The summed E-state index contributed by atoms with van der Waals surface area (Å²) < 4.78 is 51.4. The van der Waals surface area contributed by atoms with E-state index in [1.807, 2.05) is 44.2 Å². The number of aromatic nitrogens is 1. The fraction of sp³-hybridized carbons (Fsp3) is 0.517. The molecule has 2 fully saturated rings. The first-order valence-corrected chi connectivity index (χ1v) is 15.8. The molecular weight excluding hydrogens is 578 g/mol. The summed E-state index contributed by atoms with van der Waals surface area (Å²) >= 11 is 0. The normalized spacial score (nSPS) is 22.0. The van der Waals surface area contributed by atoms with Gasteiger partial charge in [-0.2, -0.15) is 9.29 Å². The third-order valence-corrected chi connectivity index (χ3v) is 9.21. The van der Waals surface area contributed by atoms with Gasteiger partial charge in [0.25, 0.3) is 6.01 Å². The van der Waals surface area contributed by atoms with Crippen molar-refractivity contribution in [3.8, 4) is 0 Å². The fourth-order valence-corrected chi connectivity index (χ4v) is 6.91. The van der Waals surface area contributed by atoms with Crippen molar-refractivity contribution in [1.29, 1.82) is 0 Å². The first kappa shape index (κ1) is 31.2. The Balaban J connectivity index is 1.34. The number of nitrogens with one attached hydrogen (secondary N) is 3. The molecule has 1 amide bonds. The highest BCUT2D eigenvalue weighted by Crippen LogP contribution is 2.26. The monoisotopic (exact) mass is 617 g/mol. The molecule has 0 saturated carbocycles. The van der Waals surface area contributed by atoms with Crippen LogP contribution >= 0.6 is 0 Å². The number of aliphatic hydroxyl groups excluding tert-OH is 1. The van der Waals surface area contributed by atoms with Gasteiger partial charge in [-0.1, -0.05) is 44.2 Å². The lowest BCUT2D eigenvalue weighted by Crippen LogP contribution is -2.54. The number of alkyl carbamates (subject to hydrolysis) is 1. The molecule has 5 rings (SSSR count). The summed E-state index contributed by atoms with van der Waals surface area (Å²) in [5.41, 5.74) is 1.68. The number of nitrogens with zero attached hydrogens (tertiary/aromatic N) is 2. The number of aliphatic hydroxyl groups is 1. The third kappa shape index (κ3) is 7.45. The molecule has 2 aliphatic rings. The Bertz CT molecular complexity index is 1480. The summed E-state index contributed by atoms with van der Waals surface area (Å²) in [7, 11) is -2.41. The van der Waals surface area contributed by atoms with E-state index in [0.717, 1.165) is 5.56 Å². The SMILES string of the molecule is CNc1nc2ccc(S(=O)(=O)N(CC(C)C)C[C@@H](O)[C@H](Cc3ccccc3)NC(=O)O[C@H]3CO[C@H]4OCCN[C@H]43)cc2o1. The van der Waals surface area contributed by atoms with Crippen molar-refractivity contribution in [1.82, 2.24) is 19.9 Å². The summed E-state index contributed by atoms with van der Waals surface area (Å²) in [6.07, 6.45) is -2.83. The number of anilines is 1. The van der Waals surface area contributed by atoms with Crippen molar-refractivity contribution in [2.75, 3.05) is 45.2 Å². The van der Waals surface area contributed by atoms with E-state index in [4.69, 9.17) is 18.6 Å². The van der Waals surface area contributed by atoms with Gasteiger partial charge in [-0.3, -0.25) is 0 Å². The van der Waals surface area contributed by atoms with Gasteiger partial charge in [0.2, 0.25) is 10.0 Å². The molecule has 0 radical (unpaired) electrons. The van der Waals surface area contributed by atoms with Gasteiger partial charge in [-0.25, -0.2) is 13.2 Å². The number of oxazole rings is 1. The Morgan fingerprint density at radius 3 is 2.72 bits per heavy atom. The Morgan fingerprint density at radius 2 is 1.98 bits per heavy atom. The summed E-state index contributed by atoms with van der Waals surface area (Å²) in [4.78, 5) is 17.3. The molecule has 5 atom stereocenters. The van der Waals surface area contributed by atoms with Gasteiger partial charge < -0.3 is 39.7 Å². The molecule has 3 aromatic rings. The maximum Gasteiger partial charge on any atom is 0.407 e. The van der Waals surface area contributed by atoms with Gasteiger partial charge in [-0.15, -0.1) is 0 Å². The number of sulfonamides is 1. The lowest BCUT2D eigenvalue weighted by molar-refractivity contribution is -0.137. The second kappa shape index (κ2) is 13.6. The molecule has 2 saturated heterocycles. The second-order valence-corrected chi connectivity index (χ2v) is 13.1. The van der Waals surface area contributed by atoms with Crippen LogP contribution in [0.4, 0.5) is 10.8 Å². The Labute approximate surface area is 250 Å². The maximum atomic E-state index is 13.9. The van der Waals surface area contributed by atoms with E-state index in [9.17, 15) is 18.3 Å². The van der Waals surface area contributed by atoms with Gasteiger partial charge in [-0.05, 0) is 30.0 Å². The Hall–Kier alpha value is -3.27. The number of hydrogen-bond donors (Lipinski definition) is 4. The molecule has 2 aliphatic heterocycles. The van der Waals surface area contributed by atoms with Crippen LogP contribution in [0, 0.1) is 5.92 Å². The lowest BCUT2D eigenvalue weighted by Gasteiger charge is -2.31. The summed E-state index contributed by atoms with van der Waals surface area (Å²) in [6.45, 7) is 4.96. The largest absolute Gasteiger partial charge is 0.442 e. The number of amides is 1. The van der Waals surface area contributed by atoms with Crippen molar-refractivity contribution in [2.24, 2.45) is 5.92 Å². The molecule has 0 aliphatic carbocycles. The average molecular weight is 618 g/mol. The number of benzene rings is 2. The first-order valence-electron chi connectivity index (χ1n) is 14.4. The van der Waals surface area contributed by atoms with Crippen molar-refractivity contribution < 1.29 is 36.9 Å². The van der Waals surface area contributed by atoms with E-state index < -0.39 is 40.7 Å². The third-order valence-electron chi connectivity index (χ3n) is 7.38. The predicted molar refractivity (Wildman–Crippen MR) is 158 cm³/mol. The van der Waals surface area contributed by atoms with Crippen LogP contribution in [-0.2, 0) is 30.7 Å². The van der Waals surface area contributed by atoms with Crippen LogP contribution in [0.5, 0.6) is 0 Å². The highest BCUT2D eigenvalue weighted by Gasteiger charge is 2.42. The molecule has 0 unspecified atom stereocenters. The summed E-state index contributed by atoms with van der Waals surface area (Å²) in [5, 5.41) is 20.3. The van der Waals surface area contributed by atoms with Gasteiger partial charge in [0.1, 0.15) is 11.6 Å². The zero-order valence-corrected chi connectivity index (χ0v) is 25.2. The average Bonchev–Trinajstić information content (AvgIpc) is 3.60. The standard InChI is InChI=1S/C29H39N5O8S/c1-18(2)15-34(43(37,38)20-9-10-21-24(14-20)41-28(30-3)32-21)16-23(35)22(13-19-7-5-4-6-8-19)33-29(36)42-25-17-40-27-26(25)31-11-12-39-27/h4-10,14,18,22-23,25-27,31,35H,11-13,15-17H2,1-3H3,(H,30,32)(H,33,36)/t22-,23+,25-,26-,27+/m0/s1. The number of carbonyl (C=O) groups excluding carboxylic acids is 1. The summed E-state index contributed by atoms with van der Waals surface area (Å²) in [6, 6.07) is 12.9. The van der Waals surface area contributed by atoms with Gasteiger partial charge in [0, 0.05) is 32.7 Å².